The smallest absolute Gasteiger partial charge is 0.328 e. The third-order valence-electron chi connectivity index (χ3n) is 3.12. The van der Waals surface area contributed by atoms with Crippen LogP contribution < -0.4 is 10.6 Å². The molecule has 0 saturated carbocycles. The molecule has 2 rings (SSSR count). The van der Waals surface area contributed by atoms with E-state index in [4.69, 9.17) is 9.15 Å². The van der Waals surface area contributed by atoms with E-state index in [2.05, 4.69) is 10.6 Å². The van der Waals surface area contributed by atoms with E-state index in [0.717, 1.165) is 5.56 Å². The third kappa shape index (κ3) is 5.28. The summed E-state index contributed by atoms with van der Waals surface area (Å²) in [4.78, 5) is 35.2. The van der Waals surface area contributed by atoms with Gasteiger partial charge in [0.15, 0.2) is 12.4 Å². The number of nitrogens with one attached hydrogen (secondary N) is 2. The van der Waals surface area contributed by atoms with Crippen molar-refractivity contribution in [3.05, 3.63) is 60.1 Å². The van der Waals surface area contributed by atoms with Gasteiger partial charge in [0.25, 0.3) is 11.8 Å². The highest BCUT2D eigenvalue weighted by atomic mass is 16.5. The molecule has 24 heavy (non-hydrogen) atoms. The Hall–Kier alpha value is -3.09. The molecule has 1 aromatic carbocycles. The van der Waals surface area contributed by atoms with E-state index in [1.54, 1.807) is 6.07 Å². The lowest BCUT2D eigenvalue weighted by Gasteiger charge is -2.12. The molecular formula is C17H18N2O5. The van der Waals surface area contributed by atoms with E-state index in [9.17, 15) is 14.4 Å². The van der Waals surface area contributed by atoms with Gasteiger partial charge in [0, 0.05) is 6.54 Å². The molecule has 7 nitrogen and oxygen atoms in total. The molecule has 0 radical (unpaired) electrons. The first kappa shape index (κ1) is 17.3. The molecule has 126 valence electrons. The van der Waals surface area contributed by atoms with Crippen molar-refractivity contribution in [2.75, 3.05) is 6.61 Å². The average Bonchev–Trinajstić information content (AvgIpc) is 3.13. The molecule has 1 aromatic heterocycles. The van der Waals surface area contributed by atoms with Crippen LogP contribution in [-0.2, 0) is 20.9 Å². The summed E-state index contributed by atoms with van der Waals surface area (Å²) < 4.78 is 9.80. The maximum atomic E-state index is 11.8. The molecule has 7 heteroatoms. The topological polar surface area (TPSA) is 97.6 Å². The molecule has 0 bridgehead atoms. The summed E-state index contributed by atoms with van der Waals surface area (Å²) in [6.07, 6.45) is 1.36. The highest BCUT2D eigenvalue weighted by Crippen LogP contribution is 2.01. The molecule has 0 unspecified atom stereocenters. The van der Waals surface area contributed by atoms with Gasteiger partial charge < -0.3 is 19.8 Å². The van der Waals surface area contributed by atoms with Crippen LogP contribution in [0.4, 0.5) is 0 Å². The van der Waals surface area contributed by atoms with Crippen LogP contribution >= 0.6 is 0 Å². The summed E-state index contributed by atoms with van der Waals surface area (Å²) in [5.74, 6) is -1.56. The number of esters is 1. The van der Waals surface area contributed by atoms with Gasteiger partial charge in [-0.2, -0.15) is 0 Å². The Morgan fingerprint density at radius 3 is 2.54 bits per heavy atom. The summed E-state index contributed by atoms with van der Waals surface area (Å²) >= 11 is 0. The molecule has 0 aliphatic carbocycles. The van der Waals surface area contributed by atoms with E-state index >= 15 is 0 Å². The van der Waals surface area contributed by atoms with E-state index in [1.165, 1.54) is 19.3 Å². The molecule has 0 aliphatic heterocycles. The highest BCUT2D eigenvalue weighted by molar-refractivity contribution is 5.94. The fourth-order valence-corrected chi connectivity index (χ4v) is 1.84. The van der Waals surface area contributed by atoms with Crippen LogP contribution in [0.25, 0.3) is 0 Å². The number of carbonyl (C=O) groups excluding carboxylic acids is 3. The highest BCUT2D eigenvalue weighted by Gasteiger charge is 2.20. The molecule has 0 spiro atoms. The number of hydrogen-bond donors (Lipinski definition) is 2. The molecule has 2 aromatic rings. The third-order valence-corrected chi connectivity index (χ3v) is 3.12. The predicted octanol–water partition coefficient (Wildman–Crippen LogP) is 1.26. The van der Waals surface area contributed by atoms with Crippen LogP contribution in [0.2, 0.25) is 0 Å². The normalized spacial score (nSPS) is 11.4. The summed E-state index contributed by atoms with van der Waals surface area (Å²) in [7, 11) is 0. The number of furan rings is 1. The Morgan fingerprint density at radius 1 is 1.12 bits per heavy atom. The minimum atomic E-state index is -0.899. The minimum absolute atomic E-state index is 0.0928. The van der Waals surface area contributed by atoms with Gasteiger partial charge in [-0.05, 0) is 24.6 Å². The molecule has 1 atom stereocenters. The second-order valence-electron chi connectivity index (χ2n) is 5.04. The van der Waals surface area contributed by atoms with Gasteiger partial charge in [0.2, 0.25) is 0 Å². The van der Waals surface area contributed by atoms with Crippen LogP contribution in [0, 0.1) is 0 Å². The first-order valence-electron chi connectivity index (χ1n) is 7.38. The van der Waals surface area contributed by atoms with Gasteiger partial charge in [-0.25, -0.2) is 4.79 Å². The standard InChI is InChI=1S/C17H18N2O5/c1-12(19-16(21)14-8-5-9-23-14)17(22)24-11-15(20)18-10-13-6-3-2-4-7-13/h2-9,12H,10-11H2,1H3,(H,18,20)(H,19,21)/t12-/m0/s1. The number of benzene rings is 1. The number of carbonyl (C=O) groups is 3. The summed E-state index contributed by atoms with van der Waals surface area (Å²) in [5, 5.41) is 5.06. The van der Waals surface area contributed by atoms with Crippen molar-refractivity contribution < 1.29 is 23.5 Å². The van der Waals surface area contributed by atoms with Crippen molar-refractivity contribution in [1.82, 2.24) is 10.6 Å². The number of amides is 2. The van der Waals surface area contributed by atoms with Gasteiger partial charge in [-0.15, -0.1) is 0 Å². The molecule has 1 heterocycles. The second kappa shape index (κ2) is 8.52. The van der Waals surface area contributed by atoms with Crippen molar-refractivity contribution in [2.24, 2.45) is 0 Å². The monoisotopic (exact) mass is 330 g/mol. The lowest BCUT2D eigenvalue weighted by Crippen LogP contribution is -2.40. The molecular weight excluding hydrogens is 312 g/mol. The SMILES string of the molecule is C[C@H](NC(=O)c1ccco1)C(=O)OCC(=O)NCc1ccccc1. The molecule has 0 saturated heterocycles. The van der Waals surface area contributed by atoms with Gasteiger partial charge in [-0.3, -0.25) is 9.59 Å². The van der Waals surface area contributed by atoms with Crippen molar-refractivity contribution in [3.8, 4) is 0 Å². The Labute approximate surface area is 139 Å². The number of ether oxygens (including phenoxy) is 1. The lowest BCUT2D eigenvalue weighted by atomic mass is 10.2. The Morgan fingerprint density at radius 2 is 1.88 bits per heavy atom. The number of rotatable bonds is 7. The van der Waals surface area contributed by atoms with E-state index in [0.29, 0.717) is 6.54 Å². The minimum Gasteiger partial charge on any atom is -0.459 e. The summed E-state index contributed by atoms with van der Waals surface area (Å²) in [6.45, 7) is 1.40. The lowest BCUT2D eigenvalue weighted by molar-refractivity contribution is -0.150. The zero-order valence-electron chi connectivity index (χ0n) is 13.2. The predicted molar refractivity (Wildman–Crippen MR) is 84.9 cm³/mol. The van der Waals surface area contributed by atoms with Crippen LogP contribution in [0.1, 0.15) is 23.0 Å². The number of hydrogen-bond acceptors (Lipinski definition) is 5. The van der Waals surface area contributed by atoms with Crippen LogP contribution in [0.3, 0.4) is 0 Å². The Bertz CT molecular complexity index is 682. The van der Waals surface area contributed by atoms with Gasteiger partial charge in [-0.1, -0.05) is 30.3 Å². The fraction of sp³-hybridized carbons (Fsp3) is 0.235. The Balaban J connectivity index is 1.69. The second-order valence-corrected chi connectivity index (χ2v) is 5.04. The zero-order chi connectivity index (χ0) is 17.4. The first-order valence-corrected chi connectivity index (χ1v) is 7.38. The van der Waals surface area contributed by atoms with Crippen molar-refractivity contribution in [1.29, 1.82) is 0 Å². The van der Waals surface area contributed by atoms with Crippen LogP contribution in [0.5, 0.6) is 0 Å². The van der Waals surface area contributed by atoms with Gasteiger partial charge in [0.05, 0.1) is 6.26 Å². The summed E-state index contributed by atoms with van der Waals surface area (Å²) in [5.41, 5.74) is 0.941. The largest absolute Gasteiger partial charge is 0.459 e. The van der Waals surface area contributed by atoms with Crippen molar-refractivity contribution in [3.63, 3.8) is 0 Å². The summed E-state index contributed by atoms with van der Waals surface area (Å²) in [6, 6.07) is 11.5. The van der Waals surface area contributed by atoms with E-state index in [1.807, 2.05) is 30.3 Å². The molecule has 0 fully saturated rings. The van der Waals surface area contributed by atoms with Gasteiger partial charge >= 0.3 is 5.97 Å². The van der Waals surface area contributed by atoms with Gasteiger partial charge in [0.1, 0.15) is 6.04 Å². The molecule has 2 amide bonds. The van der Waals surface area contributed by atoms with Crippen LogP contribution in [0.15, 0.2) is 53.1 Å². The van der Waals surface area contributed by atoms with E-state index < -0.39 is 30.4 Å². The maximum Gasteiger partial charge on any atom is 0.328 e. The molecule has 2 N–H and O–H groups in total. The van der Waals surface area contributed by atoms with Crippen LogP contribution in [-0.4, -0.2) is 30.4 Å². The van der Waals surface area contributed by atoms with E-state index in [-0.39, 0.29) is 5.76 Å². The maximum absolute atomic E-state index is 11.8. The Kier molecular flexibility index (Phi) is 6.13. The van der Waals surface area contributed by atoms with Crippen molar-refractivity contribution >= 4 is 17.8 Å². The fourth-order valence-electron chi connectivity index (χ4n) is 1.84. The quantitative estimate of drug-likeness (QED) is 0.745. The first-order chi connectivity index (χ1) is 11.6. The average molecular weight is 330 g/mol. The van der Waals surface area contributed by atoms with Crippen molar-refractivity contribution in [2.45, 2.75) is 19.5 Å². The zero-order valence-corrected chi connectivity index (χ0v) is 13.2. The molecule has 0 aliphatic rings.